The van der Waals surface area contributed by atoms with E-state index in [-0.39, 0.29) is 11.7 Å². The minimum atomic E-state index is -0.273. The summed E-state index contributed by atoms with van der Waals surface area (Å²) in [5.41, 5.74) is 3.74. The number of amides is 1. The fourth-order valence-electron chi connectivity index (χ4n) is 3.22. The summed E-state index contributed by atoms with van der Waals surface area (Å²) in [6.45, 7) is 4.85. The van der Waals surface area contributed by atoms with Gasteiger partial charge < -0.3 is 4.74 Å². The van der Waals surface area contributed by atoms with E-state index in [2.05, 4.69) is 20.9 Å². The van der Waals surface area contributed by atoms with Crippen LogP contribution in [0.3, 0.4) is 0 Å². The molecule has 1 saturated heterocycles. The molecule has 0 unspecified atom stereocenters. The Morgan fingerprint density at radius 1 is 1.09 bits per heavy atom. The van der Waals surface area contributed by atoms with Crippen molar-refractivity contribution in [3.05, 3.63) is 98.6 Å². The van der Waals surface area contributed by atoms with Crippen LogP contribution in [0.5, 0.6) is 5.75 Å². The van der Waals surface area contributed by atoms with Crippen molar-refractivity contribution in [1.82, 2.24) is 4.90 Å². The number of aryl methyl sites for hydroxylation is 1. The summed E-state index contributed by atoms with van der Waals surface area (Å²) in [5.74, 6) is 0.343. The van der Waals surface area contributed by atoms with Crippen molar-refractivity contribution in [2.24, 2.45) is 4.99 Å². The van der Waals surface area contributed by atoms with E-state index >= 15 is 0 Å². The van der Waals surface area contributed by atoms with E-state index in [0.29, 0.717) is 29.0 Å². The van der Waals surface area contributed by atoms with Crippen LogP contribution < -0.4 is 4.74 Å². The predicted molar refractivity (Wildman–Crippen MR) is 136 cm³/mol. The first kappa shape index (κ1) is 23.3. The Kier molecular flexibility index (Phi) is 7.30. The Bertz CT molecular complexity index is 1220. The Morgan fingerprint density at radius 2 is 1.82 bits per heavy atom. The van der Waals surface area contributed by atoms with Gasteiger partial charge in [0.1, 0.15) is 18.2 Å². The molecule has 4 rings (SSSR count). The van der Waals surface area contributed by atoms with Gasteiger partial charge >= 0.3 is 0 Å². The molecule has 4 nitrogen and oxygen atoms in total. The second kappa shape index (κ2) is 10.4. The normalized spacial score (nSPS) is 16.1. The highest BCUT2D eigenvalue weighted by atomic mass is 79.9. The minimum absolute atomic E-state index is 0.0545. The number of nitrogens with zero attached hydrogens (tertiary/aromatic N) is 2. The molecule has 3 aromatic rings. The molecule has 3 aromatic carbocycles. The molecule has 0 aromatic heterocycles. The van der Waals surface area contributed by atoms with Gasteiger partial charge in [0.15, 0.2) is 5.17 Å². The minimum Gasteiger partial charge on any atom is -0.488 e. The van der Waals surface area contributed by atoms with Gasteiger partial charge in [0, 0.05) is 6.54 Å². The largest absolute Gasteiger partial charge is 0.488 e. The van der Waals surface area contributed by atoms with Crippen LogP contribution in [0.25, 0.3) is 6.08 Å². The number of rotatable bonds is 6. The SMILES string of the molecule is CCN1C(=O)/C(=C\c2ccc(OCc3ccc(F)cc3)c(Br)c2)SC1=Nc1ccc(C)cc1. The average molecular weight is 525 g/mol. The second-order valence-corrected chi connectivity index (χ2v) is 9.36. The summed E-state index contributed by atoms with van der Waals surface area (Å²) in [7, 11) is 0. The Morgan fingerprint density at radius 3 is 2.48 bits per heavy atom. The average Bonchev–Trinajstić information content (AvgIpc) is 3.09. The molecule has 0 radical (unpaired) electrons. The number of benzene rings is 3. The van der Waals surface area contributed by atoms with Crippen LogP contribution >= 0.6 is 27.7 Å². The van der Waals surface area contributed by atoms with Crippen LogP contribution in [0.15, 0.2) is 81.1 Å². The number of thioether (sulfide) groups is 1. The van der Waals surface area contributed by atoms with Crippen molar-refractivity contribution in [3.63, 3.8) is 0 Å². The molecule has 168 valence electrons. The molecular weight excluding hydrogens is 503 g/mol. The van der Waals surface area contributed by atoms with Crippen LogP contribution in [0.1, 0.15) is 23.6 Å². The molecule has 1 amide bonds. The highest BCUT2D eigenvalue weighted by Crippen LogP contribution is 2.35. The smallest absolute Gasteiger partial charge is 0.266 e. The van der Waals surface area contributed by atoms with E-state index in [1.807, 2.05) is 62.4 Å². The molecule has 1 fully saturated rings. The zero-order valence-electron chi connectivity index (χ0n) is 18.2. The van der Waals surface area contributed by atoms with Gasteiger partial charge in [-0.3, -0.25) is 9.69 Å². The van der Waals surface area contributed by atoms with Crippen molar-refractivity contribution < 1.29 is 13.9 Å². The highest BCUT2D eigenvalue weighted by Gasteiger charge is 2.32. The van der Waals surface area contributed by atoms with Crippen LogP contribution in [-0.4, -0.2) is 22.5 Å². The molecule has 0 N–H and O–H groups in total. The highest BCUT2D eigenvalue weighted by molar-refractivity contribution is 9.10. The fourth-order valence-corrected chi connectivity index (χ4v) is 4.79. The number of carbonyl (C=O) groups is 1. The van der Waals surface area contributed by atoms with Crippen molar-refractivity contribution in [2.75, 3.05) is 6.54 Å². The summed E-state index contributed by atoms with van der Waals surface area (Å²) >= 11 is 4.92. The fraction of sp³-hybridized carbons (Fsp3) is 0.154. The molecule has 0 atom stereocenters. The van der Waals surface area contributed by atoms with E-state index in [4.69, 9.17) is 4.74 Å². The van der Waals surface area contributed by atoms with E-state index in [1.54, 1.807) is 17.0 Å². The number of carbonyl (C=O) groups excluding carboxylic acids is 1. The van der Waals surface area contributed by atoms with Crippen molar-refractivity contribution >= 4 is 50.5 Å². The number of likely N-dealkylation sites (N-methyl/N-ethyl adjacent to an activating group) is 1. The van der Waals surface area contributed by atoms with Gasteiger partial charge in [-0.25, -0.2) is 9.38 Å². The lowest BCUT2D eigenvalue weighted by atomic mass is 10.2. The molecule has 0 spiro atoms. The zero-order chi connectivity index (χ0) is 23.4. The van der Waals surface area contributed by atoms with Gasteiger partial charge in [0.2, 0.25) is 0 Å². The first-order valence-corrected chi connectivity index (χ1v) is 12.1. The summed E-state index contributed by atoms with van der Waals surface area (Å²) in [6, 6.07) is 19.8. The van der Waals surface area contributed by atoms with Gasteiger partial charge in [0.25, 0.3) is 5.91 Å². The first-order valence-electron chi connectivity index (χ1n) is 10.5. The Hall–Kier alpha value is -2.90. The number of halogens is 2. The number of ether oxygens (including phenoxy) is 1. The number of hydrogen-bond donors (Lipinski definition) is 0. The van der Waals surface area contributed by atoms with Gasteiger partial charge in [-0.15, -0.1) is 0 Å². The summed E-state index contributed by atoms with van der Waals surface area (Å²) < 4.78 is 19.7. The second-order valence-electron chi connectivity index (χ2n) is 7.49. The molecule has 0 bridgehead atoms. The number of aliphatic imine (C=N–C) groups is 1. The van der Waals surface area contributed by atoms with Gasteiger partial charge in [-0.1, -0.05) is 35.9 Å². The van der Waals surface area contributed by atoms with Gasteiger partial charge in [0.05, 0.1) is 15.1 Å². The summed E-state index contributed by atoms with van der Waals surface area (Å²) in [5, 5.41) is 0.677. The van der Waals surface area contributed by atoms with Crippen LogP contribution in [0.2, 0.25) is 0 Å². The van der Waals surface area contributed by atoms with Crippen LogP contribution in [-0.2, 0) is 11.4 Å². The van der Waals surface area contributed by atoms with Gasteiger partial charge in [-0.05, 0) is 95.1 Å². The maximum absolute atomic E-state index is 13.1. The standard InChI is InChI=1S/C26H22BrFN2O2S/c1-3-30-25(31)24(33-26(30)29-21-11-4-17(2)5-12-21)15-19-8-13-23(22(27)14-19)32-16-18-6-9-20(28)10-7-18/h4-15H,3,16H2,1-2H3/b24-15+,29-26?. The molecule has 1 aliphatic heterocycles. The molecule has 1 heterocycles. The van der Waals surface area contributed by atoms with E-state index in [1.165, 1.54) is 23.9 Å². The predicted octanol–water partition coefficient (Wildman–Crippen LogP) is 7.10. The van der Waals surface area contributed by atoms with Crippen LogP contribution in [0, 0.1) is 12.7 Å². The molecule has 0 saturated carbocycles. The Labute approximate surface area is 205 Å². The monoisotopic (exact) mass is 524 g/mol. The van der Waals surface area contributed by atoms with E-state index in [0.717, 1.165) is 26.9 Å². The molecular formula is C26H22BrFN2O2S. The topological polar surface area (TPSA) is 41.9 Å². The quantitative estimate of drug-likeness (QED) is 0.323. The van der Waals surface area contributed by atoms with E-state index in [9.17, 15) is 9.18 Å². The van der Waals surface area contributed by atoms with Gasteiger partial charge in [-0.2, -0.15) is 0 Å². The van der Waals surface area contributed by atoms with Crippen molar-refractivity contribution in [3.8, 4) is 5.75 Å². The first-order chi connectivity index (χ1) is 15.9. The number of amidine groups is 1. The molecule has 1 aliphatic rings. The third kappa shape index (κ3) is 5.72. The Balaban J connectivity index is 1.50. The molecule has 7 heteroatoms. The maximum atomic E-state index is 13.1. The lowest BCUT2D eigenvalue weighted by Crippen LogP contribution is -2.28. The summed E-state index contributed by atoms with van der Waals surface area (Å²) in [4.78, 5) is 19.9. The van der Waals surface area contributed by atoms with Crippen molar-refractivity contribution in [2.45, 2.75) is 20.5 Å². The maximum Gasteiger partial charge on any atom is 0.266 e. The third-order valence-electron chi connectivity index (χ3n) is 5.02. The molecule has 0 aliphatic carbocycles. The van der Waals surface area contributed by atoms with E-state index < -0.39 is 0 Å². The summed E-state index contributed by atoms with van der Waals surface area (Å²) in [6.07, 6.45) is 1.86. The third-order valence-corrected chi connectivity index (χ3v) is 6.65. The number of hydrogen-bond acceptors (Lipinski definition) is 4. The van der Waals surface area contributed by atoms with Crippen molar-refractivity contribution in [1.29, 1.82) is 0 Å². The molecule has 33 heavy (non-hydrogen) atoms. The lowest BCUT2D eigenvalue weighted by molar-refractivity contribution is -0.122. The zero-order valence-corrected chi connectivity index (χ0v) is 20.6. The van der Waals surface area contributed by atoms with Crippen LogP contribution in [0.4, 0.5) is 10.1 Å². The lowest BCUT2D eigenvalue weighted by Gasteiger charge is -2.12.